The lowest BCUT2D eigenvalue weighted by molar-refractivity contribution is -0.131. The van der Waals surface area contributed by atoms with E-state index in [1.807, 2.05) is 51.7 Å². The Morgan fingerprint density at radius 3 is 2.38 bits per heavy atom. The average Bonchev–Trinajstić information content (AvgIpc) is 3.29. The van der Waals surface area contributed by atoms with Gasteiger partial charge in [0.05, 0.1) is 13.3 Å². The van der Waals surface area contributed by atoms with Gasteiger partial charge in [-0.05, 0) is 36.6 Å². The first kappa shape index (κ1) is 26.9. The SMILES string of the molecule is CC.CC.CCC(=O)N(CCc1ccc(OC)c2oc3cnccc3c12)Cc1ccc(C)cc1. The molecule has 0 aliphatic heterocycles. The van der Waals surface area contributed by atoms with Crippen LogP contribution < -0.4 is 4.74 Å². The second kappa shape index (κ2) is 13.4. The number of benzene rings is 2. The van der Waals surface area contributed by atoms with Crippen LogP contribution in [0.1, 0.15) is 57.7 Å². The molecule has 0 spiro atoms. The summed E-state index contributed by atoms with van der Waals surface area (Å²) >= 11 is 0. The molecule has 4 rings (SSSR count). The summed E-state index contributed by atoms with van der Waals surface area (Å²) in [6.45, 7) is 13.2. The maximum atomic E-state index is 12.6. The van der Waals surface area contributed by atoms with Gasteiger partial charge in [-0.1, -0.05) is 70.5 Å². The lowest BCUT2D eigenvalue weighted by atomic mass is 10.0. The number of rotatable bonds is 7. The molecule has 2 aromatic carbocycles. The minimum Gasteiger partial charge on any atom is -0.493 e. The molecule has 5 heteroatoms. The second-order valence-corrected chi connectivity index (χ2v) is 7.51. The number of hydrogen-bond donors (Lipinski definition) is 0. The highest BCUT2D eigenvalue weighted by Crippen LogP contribution is 2.36. The fourth-order valence-electron chi connectivity index (χ4n) is 3.83. The maximum absolute atomic E-state index is 12.6. The number of furan rings is 1. The summed E-state index contributed by atoms with van der Waals surface area (Å²) in [6, 6.07) is 14.3. The summed E-state index contributed by atoms with van der Waals surface area (Å²) < 4.78 is 11.5. The second-order valence-electron chi connectivity index (χ2n) is 7.51. The van der Waals surface area contributed by atoms with E-state index in [0.29, 0.717) is 25.3 Å². The minimum absolute atomic E-state index is 0.154. The number of nitrogens with zero attached hydrogens (tertiary/aromatic N) is 2. The molecular formula is C29H38N2O3. The van der Waals surface area contributed by atoms with Crippen LogP contribution in [-0.4, -0.2) is 29.4 Å². The smallest absolute Gasteiger partial charge is 0.222 e. The standard InChI is InChI=1S/C25H26N2O3.2C2H6/c1-4-23(28)27(16-18-7-5-17(2)6-8-18)14-12-19-9-10-21(29-3)25-24(19)20-11-13-26-15-22(20)30-25;2*1-2/h5-11,13,15H,4,12,14,16H2,1-3H3;2*1-2H3. The molecule has 0 radical (unpaired) electrons. The van der Waals surface area contributed by atoms with Crippen molar-refractivity contribution in [3.8, 4) is 5.75 Å². The lowest BCUT2D eigenvalue weighted by Gasteiger charge is -2.23. The van der Waals surface area contributed by atoms with E-state index in [0.717, 1.165) is 39.5 Å². The normalized spacial score (nSPS) is 10.2. The number of aromatic nitrogens is 1. The van der Waals surface area contributed by atoms with E-state index in [1.165, 1.54) is 5.56 Å². The number of fused-ring (bicyclic) bond motifs is 3. The van der Waals surface area contributed by atoms with Gasteiger partial charge in [-0.15, -0.1) is 0 Å². The number of hydrogen-bond acceptors (Lipinski definition) is 4. The van der Waals surface area contributed by atoms with Gasteiger partial charge in [-0.25, -0.2) is 0 Å². The van der Waals surface area contributed by atoms with Gasteiger partial charge >= 0.3 is 0 Å². The average molecular weight is 463 g/mol. The Labute approximate surface area is 203 Å². The van der Waals surface area contributed by atoms with Crippen molar-refractivity contribution in [2.75, 3.05) is 13.7 Å². The van der Waals surface area contributed by atoms with E-state index in [4.69, 9.17) is 9.15 Å². The van der Waals surface area contributed by atoms with E-state index in [2.05, 4.69) is 42.2 Å². The van der Waals surface area contributed by atoms with Crippen molar-refractivity contribution >= 4 is 27.8 Å². The molecule has 34 heavy (non-hydrogen) atoms. The van der Waals surface area contributed by atoms with Gasteiger partial charge in [-0.3, -0.25) is 9.78 Å². The van der Waals surface area contributed by atoms with Crippen molar-refractivity contribution < 1.29 is 13.9 Å². The van der Waals surface area contributed by atoms with Crippen LogP contribution in [0.2, 0.25) is 0 Å². The molecule has 0 fully saturated rings. The Morgan fingerprint density at radius 1 is 1.03 bits per heavy atom. The molecule has 0 N–H and O–H groups in total. The molecule has 0 atom stereocenters. The molecule has 182 valence electrons. The number of amides is 1. The van der Waals surface area contributed by atoms with Crippen LogP contribution in [0.4, 0.5) is 0 Å². The highest BCUT2D eigenvalue weighted by atomic mass is 16.5. The summed E-state index contributed by atoms with van der Waals surface area (Å²) in [7, 11) is 1.64. The minimum atomic E-state index is 0.154. The van der Waals surface area contributed by atoms with Crippen LogP contribution in [0.25, 0.3) is 21.9 Å². The van der Waals surface area contributed by atoms with Gasteiger partial charge in [0.2, 0.25) is 5.91 Å². The van der Waals surface area contributed by atoms with Gasteiger partial charge in [0.25, 0.3) is 0 Å². The van der Waals surface area contributed by atoms with Crippen LogP contribution in [0.3, 0.4) is 0 Å². The number of carbonyl (C=O) groups excluding carboxylic acids is 1. The molecule has 2 aromatic heterocycles. The van der Waals surface area contributed by atoms with Crippen molar-refractivity contribution in [3.63, 3.8) is 0 Å². The molecule has 0 aliphatic carbocycles. The predicted octanol–water partition coefficient (Wildman–Crippen LogP) is 7.33. The van der Waals surface area contributed by atoms with Gasteiger partial charge in [0.15, 0.2) is 16.9 Å². The van der Waals surface area contributed by atoms with E-state index >= 15 is 0 Å². The summed E-state index contributed by atoms with van der Waals surface area (Å²) in [5.74, 6) is 0.854. The molecule has 0 bridgehead atoms. The molecule has 5 nitrogen and oxygen atoms in total. The van der Waals surface area contributed by atoms with Gasteiger partial charge in [0.1, 0.15) is 0 Å². The first-order chi connectivity index (χ1) is 16.6. The Balaban J connectivity index is 0.000000970. The summed E-state index contributed by atoms with van der Waals surface area (Å²) in [6.07, 6.45) is 4.72. The molecule has 1 amide bonds. The van der Waals surface area contributed by atoms with Crippen molar-refractivity contribution in [3.05, 3.63) is 71.5 Å². The van der Waals surface area contributed by atoms with Gasteiger partial charge in [0, 0.05) is 36.5 Å². The number of ether oxygens (including phenoxy) is 1. The van der Waals surface area contributed by atoms with Crippen LogP contribution in [-0.2, 0) is 17.8 Å². The Hall–Kier alpha value is -3.34. The van der Waals surface area contributed by atoms with Crippen molar-refractivity contribution in [1.82, 2.24) is 9.88 Å². The Morgan fingerprint density at radius 2 is 1.74 bits per heavy atom. The topological polar surface area (TPSA) is 55.6 Å². The molecule has 0 saturated carbocycles. The zero-order valence-corrected chi connectivity index (χ0v) is 21.6. The lowest BCUT2D eigenvalue weighted by Crippen LogP contribution is -2.31. The quantitative estimate of drug-likeness (QED) is 0.288. The molecule has 4 aromatic rings. The summed E-state index contributed by atoms with van der Waals surface area (Å²) in [5, 5.41) is 2.05. The van der Waals surface area contributed by atoms with Crippen molar-refractivity contribution in [1.29, 1.82) is 0 Å². The fraction of sp³-hybridized carbons (Fsp3) is 0.379. The number of aryl methyl sites for hydroxylation is 1. The highest BCUT2D eigenvalue weighted by Gasteiger charge is 2.18. The van der Waals surface area contributed by atoms with Crippen LogP contribution >= 0.6 is 0 Å². The zero-order valence-electron chi connectivity index (χ0n) is 21.6. The van der Waals surface area contributed by atoms with Crippen molar-refractivity contribution in [2.24, 2.45) is 0 Å². The third kappa shape index (κ3) is 6.16. The number of pyridine rings is 1. The van der Waals surface area contributed by atoms with Crippen molar-refractivity contribution in [2.45, 2.75) is 60.9 Å². The Bertz CT molecular complexity index is 1180. The third-order valence-corrected chi connectivity index (χ3v) is 5.49. The number of carbonyl (C=O) groups is 1. The van der Waals surface area contributed by atoms with Gasteiger partial charge in [-0.2, -0.15) is 0 Å². The fourth-order valence-corrected chi connectivity index (χ4v) is 3.83. The monoisotopic (exact) mass is 462 g/mol. The first-order valence-electron chi connectivity index (χ1n) is 12.3. The van der Waals surface area contributed by atoms with E-state index in [1.54, 1.807) is 19.5 Å². The zero-order chi connectivity index (χ0) is 25.1. The predicted molar refractivity (Wildman–Crippen MR) is 141 cm³/mol. The van der Waals surface area contributed by atoms with Crippen LogP contribution in [0.15, 0.2) is 59.3 Å². The molecule has 2 heterocycles. The molecule has 0 saturated heterocycles. The van der Waals surface area contributed by atoms with Crippen LogP contribution in [0.5, 0.6) is 5.75 Å². The number of methoxy groups -OCH3 is 1. The van der Waals surface area contributed by atoms with E-state index in [-0.39, 0.29) is 5.91 Å². The van der Waals surface area contributed by atoms with Crippen LogP contribution in [0, 0.1) is 6.92 Å². The molecular weight excluding hydrogens is 424 g/mol. The third-order valence-electron chi connectivity index (χ3n) is 5.49. The first-order valence-corrected chi connectivity index (χ1v) is 12.3. The largest absolute Gasteiger partial charge is 0.493 e. The summed E-state index contributed by atoms with van der Waals surface area (Å²) in [4.78, 5) is 18.7. The maximum Gasteiger partial charge on any atom is 0.222 e. The molecule has 0 unspecified atom stereocenters. The summed E-state index contributed by atoms with van der Waals surface area (Å²) in [5.41, 5.74) is 4.95. The van der Waals surface area contributed by atoms with Gasteiger partial charge < -0.3 is 14.1 Å². The highest BCUT2D eigenvalue weighted by molar-refractivity contribution is 6.08. The molecule has 0 aliphatic rings. The van der Waals surface area contributed by atoms with E-state index in [9.17, 15) is 4.79 Å². The van der Waals surface area contributed by atoms with E-state index < -0.39 is 0 Å². The Kier molecular flexibility index (Phi) is 10.6.